The average Bonchev–Trinajstić information content (AvgIpc) is 2.27. The molecule has 1 nitrogen and oxygen atoms in total. The molecule has 5 heteroatoms. The van der Waals surface area contributed by atoms with E-state index in [9.17, 15) is 13.2 Å². The first-order valence-electron chi connectivity index (χ1n) is 5.10. The Balaban J connectivity index is 2.55. The lowest BCUT2D eigenvalue weighted by molar-refractivity contribution is -0.137. The van der Waals surface area contributed by atoms with E-state index < -0.39 is 11.7 Å². The summed E-state index contributed by atoms with van der Waals surface area (Å²) >= 11 is 5.81. The van der Waals surface area contributed by atoms with Crippen molar-refractivity contribution < 1.29 is 13.2 Å². The molecule has 0 amide bonds. The van der Waals surface area contributed by atoms with Gasteiger partial charge in [0.05, 0.1) is 5.56 Å². The fraction of sp³-hybridized carbons (Fsp3) is 0.0769. The molecule has 0 aliphatic carbocycles. The third-order valence-electron chi connectivity index (χ3n) is 2.44. The van der Waals surface area contributed by atoms with E-state index >= 15 is 0 Å². The van der Waals surface area contributed by atoms with E-state index in [2.05, 4.69) is 0 Å². The van der Waals surface area contributed by atoms with E-state index in [0.717, 1.165) is 12.1 Å². The van der Waals surface area contributed by atoms with Gasteiger partial charge in [0.25, 0.3) is 0 Å². The van der Waals surface area contributed by atoms with Gasteiger partial charge >= 0.3 is 6.18 Å². The first-order valence-corrected chi connectivity index (χ1v) is 5.48. The maximum atomic E-state index is 12.7. The average molecular weight is 272 g/mol. The Morgan fingerprint density at radius 2 is 1.67 bits per heavy atom. The maximum absolute atomic E-state index is 12.7. The summed E-state index contributed by atoms with van der Waals surface area (Å²) in [5.74, 6) is 0. The topological polar surface area (TPSA) is 26.0 Å². The van der Waals surface area contributed by atoms with Crippen molar-refractivity contribution in [3.05, 3.63) is 53.1 Å². The molecular formula is C13H9ClF3N. The molecule has 0 saturated carbocycles. The molecule has 18 heavy (non-hydrogen) atoms. The molecule has 0 atom stereocenters. The highest BCUT2D eigenvalue weighted by atomic mass is 35.5. The van der Waals surface area contributed by atoms with E-state index in [1.54, 1.807) is 24.3 Å². The van der Waals surface area contributed by atoms with Gasteiger partial charge in [0, 0.05) is 10.7 Å². The van der Waals surface area contributed by atoms with Crippen LogP contribution in [0.5, 0.6) is 0 Å². The van der Waals surface area contributed by atoms with Crippen LogP contribution in [0, 0.1) is 0 Å². The molecule has 0 unspecified atom stereocenters. The molecule has 0 spiro atoms. The van der Waals surface area contributed by atoms with Gasteiger partial charge in [-0.1, -0.05) is 23.7 Å². The first kappa shape index (κ1) is 12.8. The molecule has 0 aliphatic heterocycles. The second kappa shape index (κ2) is 4.53. The predicted octanol–water partition coefficient (Wildman–Crippen LogP) is 4.61. The van der Waals surface area contributed by atoms with Crippen LogP contribution in [0.3, 0.4) is 0 Å². The Bertz CT molecular complexity index is 579. The highest BCUT2D eigenvalue weighted by Gasteiger charge is 2.31. The second-order valence-corrected chi connectivity index (χ2v) is 4.29. The monoisotopic (exact) mass is 271 g/mol. The summed E-state index contributed by atoms with van der Waals surface area (Å²) < 4.78 is 38.0. The van der Waals surface area contributed by atoms with Gasteiger partial charge in [-0.25, -0.2) is 0 Å². The summed E-state index contributed by atoms with van der Waals surface area (Å²) in [6.45, 7) is 0. The van der Waals surface area contributed by atoms with Gasteiger partial charge in [-0.05, 0) is 41.5 Å². The van der Waals surface area contributed by atoms with Crippen molar-refractivity contribution in [2.24, 2.45) is 0 Å². The van der Waals surface area contributed by atoms with Gasteiger partial charge in [-0.2, -0.15) is 13.2 Å². The van der Waals surface area contributed by atoms with Crippen molar-refractivity contribution in [1.82, 2.24) is 0 Å². The molecule has 2 aromatic carbocycles. The third kappa shape index (κ3) is 2.76. The minimum atomic E-state index is -4.41. The van der Waals surface area contributed by atoms with Crippen LogP contribution in [0.1, 0.15) is 5.56 Å². The van der Waals surface area contributed by atoms with Crippen molar-refractivity contribution in [2.75, 3.05) is 5.73 Å². The zero-order valence-electron chi connectivity index (χ0n) is 9.13. The number of alkyl halides is 3. The van der Waals surface area contributed by atoms with Crippen LogP contribution in [0.2, 0.25) is 5.02 Å². The molecule has 0 aromatic heterocycles. The van der Waals surface area contributed by atoms with E-state index in [0.29, 0.717) is 16.1 Å². The molecule has 0 aliphatic rings. The molecule has 0 radical (unpaired) electrons. The van der Waals surface area contributed by atoms with Crippen LogP contribution in [0.15, 0.2) is 42.5 Å². The summed E-state index contributed by atoms with van der Waals surface area (Å²) in [6.07, 6.45) is -4.41. The number of rotatable bonds is 1. The Morgan fingerprint density at radius 3 is 2.28 bits per heavy atom. The lowest BCUT2D eigenvalue weighted by atomic mass is 10.0. The number of hydrogen-bond acceptors (Lipinski definition) is 1. The largest absolute Gasteiger partial charge is 0.416 e. The highest BCUT2D eigenvalue weighted by molar-refractivity contribution is 6.30. The van der Waals surface area contributed by atoms with Crippen molar-refractivity contribution in [1.29, 1.82) is 0 Å². The van der Waals surface area contributed by atoms with Crippen LogP contribution in [0.25, 0.3) is 11.1 Å². The van der Waals surface area contributed by atoms with Gasteiger partial charge < -0.3 is 5.73 Å². The van der Waals surface area contributed by atoms with Gasteiger partial charge in [0.1, 0.15) is 0 Å². The molecule has 2 aromatic rings. The van der Waals surface area contributed by atoms with E-state index in [-0.39, 0.29) is 5.69 Å². The quantitative estimate of drug-likeness (QED) is 0.753. The van der Waals surface area contributed by atoms with Gasteiger partial charge in [0.15, 0.2) is 0 Å². The number of benzene rings is 2. The normalized spacial score (nSPS) is 11.6. The summed E-state index contributed by atoms with van der Waals surface area (Å²) in [7, 11) is 0. The zero-order valence-corrected chi connectivity index (χ0v) is 9.89. The molecule has 0 bridgehead atoms. The lowest BCUT2D eigenvalue weighted by Gasteiger charge is -2.10. The Labute approximate surface area is 107 Å². The molecule has 2 N–H and O–H groups in total. The van der Waals surface area contributed by atoms with Crippen molar-refractivity contribution in [3.8, 4) is 11.1 Å². The molecule has 0 fully saturated rings. The van der Waals surface area contributed by atoms with Crippen LogP contribution in [-0.4, -0.2) is 0 Å². The lowest BCUT2D eigenvalue weighted by Crippen LogP contribution is -2.06. The standard InChI is InChI=1S/C13H9ClF3N/c14-11-3-1-2-8(5-11)9-4-10(13(15,16)17)7-12(18)6-9/h1-7H,18H2. The van der Waals surface area contributed by atoms with Gasteiger partial charge in [0.2, 0.25) is 0 Å². The fourth-order valence-corrected chi connectivity index (χ4v) is 1.84. The van der Waals surface area contributed by atoms with Crippen LogP contribution in [-0.2, 0) is 6.18 Å². The number of nitrogen functional groups attached to an aromatic ring is 1. The number of halogens is 4. The minimum Gasteiger partial charge on any atom is -0.399 e. The van der Waals surface area contributed by atoms with E-state index in [1.165, 1.54) is 6.07 Å². The molecule has 2 rings (SSSR count). The first-order chi connectivity index (χ1) is 8.36. The highest BCUT2D eigenvalue weighted by Crippen LogP contribution is 2.34. The maximum Gasteiger partial charge on any atom is 0.416 e. The second-order valence-electron chi connectivity index (χ2n) is 3.85. The molecule has 0 saturated heterocycles. The van der Waals surface area contributed by atoms with Crippen LogP contribution < -0.4 is 5.73 Å². The zero-order chi connectivity index (χ0) is 13.3. The Hall–Kier alpha value is -1.68. The molecule has 94 valence electrons. The number of anilines is 1. The summed E-state index contributed by atoms with van der Waals surface area (Å²) in [6, 6.07) is 10.1. The summed E-state index contributed by atoms with van der Waals surface area (Å²) in [5, 5.41) is 0.462. The Kier molecular flexibility index (Phi) is 3.22. The number of hydrogen-bond donors (Lipinski definition) is 1. The SMILES string of the molecule is Nc1cc(-c2cccc(Cl)c2)cc(C(F)(F)F)c1. The summed E-state index contributed by atoms with van der Waals surface area (Å²) in [4.78, 5) is 0. The predicted molar refractivity (Wildman–Crippen MR) is 66.3 cm³/mol. The fourth-order valence-electron chi connectivity index (χ4n) is 1.65. The Morgan fingerprint density at radius 1 is 0.944 bits per heavy atom. The summed E-state index contributed by atoms with van der Waals surface area (Å²) in [5.41, 5.74) is 5.79. The van der Waals surface area contributed by atoms with Crippen molar-refractivity contribution >= 4 is 17.3 Å². The van der Waals surface area contributed by atoms with Crippen LogP contribution in [0.4, 0.5) is 18.9 Å². The smallest absolute Gasteiger partial charge is 0.399 e. The third-order valence-corrected chi connectivity index (χ3v) is 2.68. The van der Waals surface area contributed by atoms with Crippen molar-refractivity contribution in [3.63, 3.8) is 0 Å². The van der Waals surface area contributed by atoms with Gasteiger partial charge in [-0.15, -0.1) is 0 Å². The van der Waals surface area contributed by atoms with E-state index in [1.807, 2.05) is 0 Å². The minimum absolute atomic E-state index is 0.0693. The number of nitrogens with two attached hydrogens (primary N) is 1. The van der Waals surface area contributed by atoms with Crippen molar-refractivity contribution in [2.45, 2.75) is 6.18 Å². The van der Waals surface area contributed by atoms with E-state index in [4.69, 9.17) is 17.3 Å². The van der Waals surface area contributed by atoms with Gasteiger partial charge in [-0.3, -0.25) is 0 Å². The molecular weight excluding hydrogens is 263 g/mol. The van der Waals surface area contributed by atoms with Crippen LogP contribution >= 0.6 is 11.6 Å². The molecule has 0 heterocycles.